The average molecular weight is 350 g/mol. The molecule has 0 aliphatic heterocycles. The molecule has 0 aliphatic carbocycles. The van der Waals surface area contributed by atoms with Crippen molar-refractivity contribution in [1.82, 2.24) is 0 Å². The minimum absolute atomic E-state index is 0.258. The summed E-state index contributed by atoms with van der Waals surface area (Å²) in [6.07, 6.45) is 2.34. The molecule has 0 unspecified atom stereocenters. The fraction of sp³-hybridized carbons (Fsp3) is 0.0625. The van der Waals surface area contributed by atoms with Crippen molar-refractivity contribution in [1.29, 1.82) is 0 Å². The highest BCUT2D eigenvalue weighted by Crippen LogP contribution is 2.25. The topological polar surface area (TPSA) is 49.4 Å². The first kappa shape index (κ1) is 15.3. The normalized spacial score (nSPS) is 10.8. The summed E-state index contributed by atoms with van der Waals surface area (Å²) in [5.74, 6) is -1.06. The van der Waals surface area contributed by atoms with E-state index in [0.29, 0.717) is 11.3 Å². The van der Waals surface area contributed by atoms with E-state index in [9.17, 15) is 14.3 Å². The Bertz CT molecular complexity index is 666. The van der Waals surface area contributed by atoms with Crippen molar-refractivity contribution in [3.63, 3.8) is 0 Å². The minimum Gasteiger partial charge on any atom is -0.545 e. The maximum Gasteiger partial charge on any atom is 0.127 e. The van der Waals surface area contributed by atoms with E-state index in [1.807, 2.05) is 0 Å². The molecule has 5 heteroatoms. The number of carbonyl (C=O) groups excluding carboxylic acids is 1. The number of aliphatic carboxylic acids is 1. The largest absolute Gasteiger partial charge is 0.545 e. The van der Waals surface area contributed by atoms with Gasteiger partial charge in [0.05, 0.1) is 5.97 Å². The van der Waals surface area contributed by atoms with Gasteiger partial charge in [-0.25, -0.2) is 4.39 Å². The summed E-state index contributed by atoms with van der Waals surface area (Å²) in [7, 11) is 0. The van der Waals surface area contributed by atoms with Crippen LogP contribution in [0.1, 0.15) is 11.1 Å². The van der Waals surface area contributed by atoms with Crippen molar-refractivity contribution in [2.75, 3.05) is 0 Å². The fourth-order valence-electron chi connectivity index (χ4n) is 1.68. The van der Waals surface area contributed by atoms with Crippen LogP contribution in [0, 0.1) is 5.82 Å². The lowest BCUT2D eigenvalue weighted by molar-refractivity contribution is -0.297. The summed E-state index contributed by atoms with van der Waals surface area (Å²) in [5, 5.41) is 10.5. The number of hydrogen-bond donors (Lipinski definition) is 0. The lowest BCUT2D eigenvalue weighted by Crippen LogP contribution is -2.18. The number of carboxylic acids is 1. The van der Waals surface area contributed by atoms with Crippen molar-refractivity contribution in [3.8, 4) is 5.75 Å². The second-order valence-electron chi connectivity index (χ2n) is 4.25. The van der Waals surface area contributed by atoms with Gasteiger partial charge in [0.2, 0.25) is 0 Å². The number of halogens is 2. The van der Waals surface area contributed by atoms with Crippen molar-refractivity contribution in [2.45, 2.75) is 6.61 Å². The lowest BCUT2D eigenvalue weighted by Gasteiger charge is -2.10. The molecular formula is C16H11BrFO3-. The third-order valence-corrected chi connectivity index (χ3v) is 3.17. The minimum atomic E-state index is -1.28. The van der Waals surface area contributed by atoms with E-state index in [1.54, 1.807) is 30.3 Å². The Hall–Kier alpha value is -2.14. The third-order valence-electron chi connectivity index (χ3n) is 2.68. The Kier molecular flexibility index (Phi) is 5.11. The number of carboxylic acid groups (broad SMARTS) is 1. The second-order valence-corrected chi connectivity index (χ2v) is 5.17. The smallest absolute Gasteiger partial charge is 0.127 e. The van der Waals surface area contributed by atoms with Crippen LogP contribution in [0.5, 0.6) is 5.75 Å². The molecule has 3 nitrogen and oxygen atoms in total. The van der Waals surface area contributed by atoms with Gasteiger partial charge in [0, 0.05) is 10.0 Å². The van der Waals surface area contributed by atoms with Gasteiger partial charge in [-0.3, -0.25) is 0 Å². The molecule has 0 atom stereocenters. The van der Waals surface area contributed by atoms with Crippen LogP contribution in [-0.4, -0.2) is 5.97 Å². The van der Waals surface area contributed by atoms with E-state index in [0.717, 1.165) is 16.1 Å². The molecule has 0 heterocycles. The predicted molar refractivity (Wildman–Crippen MR) is 78.9 cm³/mol. The summed E-state index contributed by atoms with van der Waals surface area (Å²) in [5.41, 5.74) is 1.42. The highest BCUT2D eigenvalue weighted by atomic mass is 79.9. The Morgan fingerprint density at radius 1 is 1.24 bits per heavy atom. The maximum atomic E-state index is 12.8. The number of hydrogen-bond acceptors (Lipinski definition) is 3. The van der Waals surface area contributed by atoms with Crippen molar-refractivity contribution in [2.24, 2.45) is 0 Å². The van der Waals surface area contributed by atoms with Gasteiger partial charge in [-0.05, 0) is 48.0 Å². The first-order valence-corrected chi connectivity index (χ1v) is 6.90. The molecule has 0 amide bonds. The molecule has 2 rings (SSSR count). The van der Waals surface area contributed by atoms with Crippen molar-refractivity contribution >= 4 is 28.0 Å². The van der Waals surface area contributed by atoms with E-state index >= 15 is 0 Å². The average Bonchev–Trinajstić information content (AvgIpc) is 2.45. The van der Waals surface area contributed by atoms with E-state index in [1.165, 1.54) is 18.2 Å². The van der Waals surface area contributed by atoms with Gasteiger partial charge in [0.1, 0.15) is 18.2 Å². The van der Waals surface area contributed by atoms with E-state index in [-0.39, 0.29) is 12.4 Å². The number of rotatable bonds is 5. The van der Waals surface area contributed by atoms with Gasteiger partial charge in [-0.2, -0.15) is 0 Å². The summed E-state index contributed by atoms with van der Waals surface area (Å²) in [6.45, 7) is 0.258. The summed E-state index contributed by atoms with van der Waals surface area (Å²) in [4.78, 5) is 10.5. The van der Waals surface area contributed by atoms with Gasteiger partial charge in [-0.15, -0.1) is 0 Å². The molecule has 0 bridgehead atoms. The van der Waals surface area contributed by atoms with E-state index < -0.39 is 5.97 Å². The van der Waals surface area contributed by atoms with Crippen LogP contribution in [0.25, 0.3) is 6.08 Å². The summed E-state index contributed by atoms with van der Waals surface area (Å²) < 4.78 is 19.3. The molecule has 21 heavy (non-hydrogen) atoms. The second kappa shape index (κ2) is 7.04. The number of carbonyl (C=O) groups is 1. The monoisotopic (exact) mass is 349 g/mol. The fourth-order valence-corrected chi connectivity index (χ4v) is 2.06. The predicted octanol–water partition coefficient (Wildman–Crippen LogP) is 2.93. The molecular weight excluding hydrogens is 339 g/mol. The van der Waals surface area contributed by atoms with Crippen LogP contribution in [0.4, 0.5) is 4.39 Å². The first-order valence-electron chi connectivity index (χ1n) is 6.10. The Morgan fingerprint density at radius 3 is 2.62 bits per heavy atom. The quantitative estimate of drug-likeness (QED) is 0.779. The third kappa shape index (κ3) is 4.72. The molecule has 0 radical (unpaired) electrons. The highest BCUT2D eigenvalue weighted by Gasteiger charge is 2.03. The van der Waals surface area contributed by atoms with Crippen LogP contribution in [-0.2, 0) is 11.4 Å². The van der Waals surface area contributed by atoms with E-state index in [4.69, 9.17) is 4.74 Å². The molecule has 2 aromatic carbocycles. The SMILES string of the molecule is O=C([O-])/C=C\c1cc(Br)ccc1OCc1ccc(F)cc1. The van der Waals surface area contributed by atoms with Crippen LogP contribution < -0.4 is 9.84 Å². The van der Waals surface area contributed by atoms with Gasteiger partial charge in [0.15, 0.2) is 0 Å². The van der Waals surface area contributed by atoms with Crippen molar-refractivity contribution < 1.29 is 19.0 Å². The molecule has 0 aliphatic rings. The van der Waals surface area contributed by atoms with Crippen LogP contribution in [0.2, 0.25) is 0 Å². The van der Waals surface area contributed by atoms with Crippen molar-refractivity contribution in [3.05, 3.63) is 70.0 Å². The first-order chi connectivity index (χ1) is 10.0. The van der Waals surface area contributed by atoms with Gasteiger partial charge >= 0.3 is 0 Å². The zero-order chi connectivity index (χ0) is 15.2. The maximum absolute atomic E-state index is 12.8. The lowest BCUT2D eigenvalue weighted by atomic mass is 10.2. The summed E-state index contributed by atoms with van der Waals surface area (Å²) in [6, 6.07) is 11.2. The molecule has 0 saturated carbocycles. The van der Waals surface area contributed by atoms with Crippen LogP contribution in [0.15, 0.2) is 53.0 Å². The zero-order valence-corrected chi connectivity index (χ0v) is 12.5. The standard InChI is InChI=1S/C16H12BrFO3/c17-13-4-7-15(12(9-13)3-8-16(19)20)21-10-11-1-5-14(18)6-2-11/h1-9H,10H2,(H,19,20)/p-1/b8-3-. The molecule has 0 saturated heterocycles. The Labute approximate surface area is 129 Å². The molecule has 0 fully saturated rings. The molecule has 2 aromatic rings. The van der Waals surface area contributed by atoms with Gasteiger partial charge in [0.25, 0.3) is 0 Å². The number of ether oxygens (including phenoxy) is 1. The Balaban J connectivity index is 2.15. The van der Waals surface area contributed by atoms with E-state index in [2.05, 4.69) is 15.9 Å². The molecule has 0 N–H and O–H groups in total. The number of benzene rings is 2. The Morgan fingerprint density at radius 2 is 1.95 bits per heavy atom. The summed E-state index contributed by atoms with van der Waals surface area (Å²) >= 11 is 3.31. The van der Waals surface area contributed by atoms with Crippen LogP contribution in [0.3, 0.4) is 0 Å². The molecule has 0 spiro atoms. The van der Waals surface area contributed by atoms with Gasteiger partial charge in [-0.1, -0.05) is 28.1 Å². The highest BCUT2D eigenvalue weighted by molar-refractivity contribution is 9.10. The zero-order valence-electron chi connectivity index (χ0n) is 10.9. The van der Waals surface area contributed by atoms with Gasteiger partial charge < -0.3 is 14.6 Å². The van der Waals surface area contributed by atoms with Crippen LogP contribution >= 0.6 is 15.9 Å². The molecule has 108 valence electrons. The molecule has 0 aromatic heterocycles.